The van der Waals surface area contributed by atoms with Gasteiger partial charge in [-0.15, -0.1) is 0 Å². The first-order valence-corrected chi connectivity index (χ1v) is 11.2. The molecule has 5 heteroatoms. The largest absolute Gasteiger partial charge is 0.379 e. The van der Waals surface area contributed by atoms with E-state index in [4.69, 9.17) is 4.74 Å². The summed E-state index contributed by atoms with van der Waals surface area (Å²) >= 11 is 0. The molecule has 4 rings (SSSR count). The van der Waals surface area contributed by atoms with Crippen LogP contribution in [0.15, 0.2) is 78.9 Å². The van der Waals surface area contributed by atoms with Gasteiger partial charge in [0.2, 0.25) is 0 Å². The van der Waals surface area contributed by atoms with Crippen molar-refractivity contribution < 1.29 is 13.9 Å². The van der Waals surface area contributed by atoms with Gasteiger partial charge in [-0.3, -0.25) is 9.69 Å². The summed E-state index contributed by atoms with van der Waals surface area (Å²) < 4.78 is 19.0. The average molecular weight is 433 g/mol. The van der Waals surface area contributed by atoms with Crippen molar-refractivity contribution in [3.05, 3.63) is 107 Å². The lowest BCUT2D eigenvalue weighted by molar-refractivity contribution is 0.0162. The Morgan fingerprint density at radius 1 is 0.906 bits per heavy atom. The molecule has 1 aliphatic heterocycles. The van der Waals surface area contributed by atoms with Gasteiger partial charge in [0.25, 0.3) is 5.91 Å². The number of halogens is 1. The van der Waals surface area contributed by atoms with Gasteiger partial charge in [-0.2, -0.15) is 0 Å². The minimum absolute atomic E-state index is 0.0278. The molecule has 0 aromatic heterocycles. The maximum atomic E-state index is 13.5. The highest BCUT2D eigenvalue weighted by Gasteiger charge is 2.24. The van der Waals surface area contributed by atoms with Gasteiger partial charge in [-0.25, -0.2) is 4.39 Å². The Labute approximate surface area is 189 Å². The van der Waals surface area contributed by atoms with Crippen LogP contribution in [0.2, 0.25) is 0 Å². The number of benzene rings is 3. The van der Waals surface area contributed by atoms with E-state index in [2.05, 4.69) is 22.3 Å². The summed E-state index contributed by atoms with van der Waals surface area (Å²) in [5.41, 5.74) is 4.00. The number of hydrogen-bond acceptors (Lipinski definition) is 3. The van der Waals surface area contributed by atoms with E-state index in [0.29, 0.717) is 25.3 Å². The first-order chi connectivity index (χ1) is 15.7. The van der Waals surface area contributed by atoms with Crippen LogP contribution >= 0.6 is 0 Å². The smallest absolute Gasteiger partial charge is 0.251 e. The molecule has 0 bridgehead atoms. The van der Waals surface area contributed by atoms with Crippen LogP contribution in [-0.4, -0.2) is 43.7 Å². The van der Waals surface area contributed by atoms with E-state index >= 15 is 0 Å². The molecular formula is C27H29FN2O2. The monoisotopic (exact) mass is 432 g/mol. The topological polar surface area (TPSA) is 41.6 Å². The van der Waals surface area contributed by atoms with Crippen LogP contribution < -0.4 is 5.32 Å². The summed E-state index contributed by atoms with van der Waals surface area (Å²) in [7, 11) is 0. The molecule has 166 valence electrons. The predicted octanol–water partition coefficient (Wildman–Crippen LogP) is 4.41. The first-order valence-electron chi connectivity index (χ1n) is 11.2. The van der Waals surface area contributed by atoms with Crippen LogP contribution in [0.1, 0.15) is 33.1 Å². The van der Waals surface area contributed by atoms with Gasteiger partial charge in [-0.05, 0) is 47.7 Å². The molecule has 0 radical (unpaired) electrons. The van der Waals surface area contributed by atoms with E-state index in [9.17, 15) is 9.18 Å². The minimum Gasteiger partial charge on any atom is -0.379 e. The lowest BCUT2D eigenvalue weighted by Gasteiger charge is -2.35. The maximum absolute atomic E-state index is 13.5. The zero-order valence-electron chi connectivity index (χ0n) is 18.2. The predicted molar refractivity (Wildman–Crippen MR) is 124 cm³/mol. The minimum atomic E-state index is -0.258. The number of amides is 1. The molecule has 1 amide bonds. The molecule has 1 saturated heterocycles. The third-order valence-electron chi connectivity index (χ3n) is 5.99. The van der Waals surface area contributed by atoms with Crippen molar-refractivity contribution in [2.75, 3.05) is 32.8 Å². The SMILES string of the molecule is O=C(NCC(c1ccc(F)cc1)N1CCOCC1)c1ccccc1CCc1ccccc1. The van der Waals surface area contributed by atoms with E-state index in [1.807, 2.05) is 42.5 Å². The van der Waals surface area contributed by atoms with Crippen molar-refractivity contribution >= 4 is 5.91 Å². The van der Waals surface area contributed by atoms with E-state index < -0.39 is 0 Å². The van der Waals surface area contributed by atoms with Gasteiger partial charge >= 0.3 is 0 Å². The third kappa shape index (κ3) is 5.81. The standard InChI is InChI=1S/C27H29FN2O2/c28-24-14-12-23(13-15-24)26(30-16-18-32-19-17-30)20-29-27(31)25-9-5-4-8-22(25)11-10-21-6-2-1-3-7-21/h1-9,12-15,26H,10-11,16-20H2,(H,29,31). The maximum Gasteiger partial charge on any atom is 0.251 e. The molecule has 32 heavy (non-hydrogen) atoms. The van der Waals surface area contributed by atoms with Crippen molar-refractivity contribution in [3.63, 3.8) is 0 Å². The molecule has 0 aliphatic carbocycles. The molecule has 3 aromatic carbocycles. The fourth-order valence-corrected chi connectivity index (χ4v) is 4.20. The second-order valence-electron chi connectivity index (χ2n) is 8.07. The summed E-state index contributed by atoms with van der Waals surface area (Å²) in [6, 6.07) is 24.6. The van der Waals surface area contributed by atoms with Crippen molar-refractivity contribution in [1.29, 1.82) is 0 Å². The van der Waals surface area contributed by atoms with Crippen molar-refractivity contribution in [2.24, 2.45) is 0 Å². The van der Waals surface area contributed by atoms with Gasteiger partial charge in [0.1, 0.15) is 5.82 Å². The molecule has 1 aliphatic rings. The normalized spacial score (nSPS) is 15.3. The molecule has 1 heterocycles. The summed E-state index contributed by atoms with van der Waals surface area (Å²) in [5, 5.41) is 3.13. The van der Waals surface area contributed by atoms with Gasteiger partial charge in [0, 0.05) is 25.2 Å². The number of ether oxygens (including phenoxy) is 1. The molecular weight excluding hydrogens is 403 g/mol. The Balaban J connectivity index is 1.45. The van der Waals surface area contributed by atoms with Crippen molar-refractivity contribution in [3.8, 4) is 0 Å². The second-order valence-corrected chi connectivity index (χ2v) is 8.07. The summed E-state index contributed by atoms with van der Waals surface area (Å²) in [4.78, 5) is 15.4. The molecule has 0 saturated carbocycles. The summed E-state index contributed by atoms with van der Waals surface area (Å²) in [5.74, 6) is -0.333. The fourth-order valence-electron chi connectivity index (χ4n) is 4.20. The molecule has 1 unspecified atom stereocenters. The van der Waals surface area contributed by atoms with Crippen LogP contribution in [0.4, 0.5) is 4.39 Å². The molecule has 4 nitrogen and oxygen atoms in total. The quantitative estimate of drug-likeness (QED) is 0.573. The summed E-state index contributed by atoms with van der Waals surface area (Å²) in [6.45, 7) is 3.34. The fraction of sp³-hybridized carbons (Fsp3) is 0.296. The number of nitrogens with zero attached hydrogens (tertiary/aromatic N) is 1. The van der Waals surface area contributed by atoms with Gasteiger partial charge in [-0.1, -0.05) is 60.7 Å². The van der Waals surface area contributed by atoms with Gasteiger partial charge in [0.05, 0.1) is 19.3 Å². The Bertz CT molecular complexity index is 1000. The van der Waals surface area contributed by atoms with E-state index in [1.54, 1.807) is 12.1 Å². The summed E-state index contributed by atoms with van der Waals surface area (Å²) in [6.07, 6.45) is 1.69. The molecule has 0 spiro atoms. The van der Waals surface area contributed by atoms with Crippen molar-refractivity contribution in [2.45, 2.75) is 18.9 Å². The van der Waals surface area contributed by atoms with Crippen molar-refractivity contribution in [1.82, 2.24) is 10.2 Å². The lowest BCUT2D eigenvalue weighted by atomic mass is 9.99. The lowest BCUT2D eigenvalue weighted by Crippen LogP contribution is -2.44. The number of carbonyl (C=O) groups excluding carboxylic acids is 1. The molecule has 1 N–H and O–H groups in total. The number of aryl methyl sites for hydroxylation is 2. The third-order valence-corrected chi connectivity index (χ3v) is 5.99. The number of nitrogens with one attached hydrogen (secondary N) is 1. The van der Waals surface area contributed by atoms with Crippen LogP contribution in [0.5, 0.6) is 0 Å². The van der Waals surface area contributed by atoms with Gasteiger partial charge < -0.3 is 10.1 Å². The Morgan fingerprint density at radius 2 is 1.59 bits per heavy atom. The first kappa shape index (κ1) is 22.2. The number of morpholine rings is 1. The number of rotatable bonds is 8. The van der Waals surface area contributed by atoms with Crippen LogP contribution in [0.25, 0.3) is 0 Å². The van der Waals surface area contributed by atoms with E-state index in [-0.39, 0.29) is 17.8 Å². The average Bonchev–Trinajstić information content (AvgIpc) is 2.85. The second kappa shape index (κ2) is 11.0. The zero-order valence-corrected chi connectivity index (χ0v) is 18.2. The Morgan fingerprint density at radius 3 is 2.34 bits per heavy atom. The highest BCUT2D eigenvalue weighted by atomic mass is 19.1. The van der Waals surface area contributed by atoms with Gasteiger partial charge in [0.15, 0.2) is 0 Å². The molecule has 1 fully saturated rings. The highest BCUT2D eigenvalue weighted by Crippen LogP contribution is 2.22. The van der Waals surface area contributed by atoms with Crippen LogP contribution in [-0.2, 0) is 17.6 Å². The highest BCUT2D eigenvalue weighted by molar-refractivity contribution is 5.95. The Hall–Kier alpha value is -3.02. The molecule has 3 aromatic rings. The Kier molecular flexibility index (Phi) is 7.64. The molecule has 1 atom stereocenters. The number of hydrogen-bond donors (Lipinski definition) is 1. The van der Waals surface area contributed by atoms with E-state index in [1.165, 1.54) is 17.7 Å². The van der Waals surface area contributed by atoms with E-state index in [0.717, 1.165) is 37.1 Å². The van der Waals surface area contributed by atoms with Crippen LogP contribution in [0.3, 0.4) is 0 Å². The van der Waals surface area contributed by atoms with Crippen LogP contribution in [0, 0.1) is 5.82 Å². The zero-order chi connectivity index (χ0) is 22.2. The number of carbonyl (C=O) groups is 1.